The molecule has 0 unspecified atom stereocenters. The van der Waals surface area contributed by atoms with Gasteiger partial charge in [-0.15, -0.1) is 0 Å². The lowest BCUT2D eigenvalue weighted by atomic mass is 9.93. The number of imidazole rings is 1. The summed E-state index contributed by atoms with van der Waals surface area (Å²) < 4.78 is 15.5. The van der Waals surface area contributed by atoms with Gasteiger partial charge in [0.2, 0.25) is 0 Å². The van der Waals surface area contributed by atoms with Gasteiger partial charge in [0.05, 0.1) is 11.9 Å². The molecule has 0 aliphatic carbocycles. The second-order valence-corrected chi connectivity index (χ2v) is 9.06. The molecule has 8 heteroatoms. The van der Waals surface area contributed by atoms with Gasteiger partial charge in [-0.1, -0.05) is 12.1 Å². The third-order valence-electron chi connectivity index (χ3n) is 6.38. The van der Waals surface area contributed by atoms with Crippen LogP contribution in [0.1, 0.15) is 40.2 Å². The molecule has 3 aromatic heterocycles. The summed E-state index contributed by atoms with van der Waals surface area (Å²) in [6, 6.07) is 10.0. The molecule has 35 heavy (non-hydrogen) atoms. The molecular weight excluding hydrogens is 443 g/mol. The van der Waals surface area contributed by atoms with Crippen molar-refractivity contribution in [2.45, 2.75) is 25.7 Å². The normalized spacial score (nSPS) is 15.8. The highest BCUT2D eigenvalue weighted by molar-refractivity contribution is 5.94. The highest BCUT2D eigenvalue weighted by Gasteiger charge is 2.25. The Morgan fingerprint density at radius 1 is 1.11 bits per heavy atom. The Morgan fingerprint density at radius 3 is 2.86 bits per heavy atom. The first-order valence-corrected chi connectivity index (χ1v) is 11.8. The number of nitrogens with zero attached hydrogens (tertiary/aromatic N) is 6. The predicted octanol–water partition coefficient (Wildman–Crippen LogP) is 4.10. The van der Waals surface area contributed by atoms with Gasteiger partial charge in [-0.25, -0.2) is 14.4 Å². The first kappa shape index (κ1) is 22.8. The van der Waals surface area contributed by atoms with E-state index in [1.807, 2.05) is 34.8 Å². The lowest BCUT2D eigenvalue weighted by Gasteiger charge is -2.32. The average molecular weight is 471 g/mol. The van der Waals surface area contributed by atoms with Crippen molar-refractivity contribution < 1.29 is 9.18 Å². The van der Waals surface area contributed by atoms with Crippen molar-refractivity contribution in [1.29, 1.82) is 0 Å². The molecule has 0 radical (unpaired) electrons. The van der Waals surface area contributed by atoms with E-state index in [1.54, 1.807) is 36.9 Å². The number of rotatable bonds is 6. The van der Waals surface area contributed by atoms with Crippen LogP contribution in [0.2, 0.25) is 0 Å². The molecule has 1 saturated heterocycles. The second-order valence-electron chi connectivity index (χ2n) is 9.06. The first-order chi connectivity index (χ1) is 17.0. The Labute approximate surface area is 203 Å². The summed E-state index contributed by atoms with van der Waals surface area (Å²) in [5.41, 5.74) is 3.85. The van der Waals surface area contributed by atoms with Crippen molar-refractivity contribution in [2.24, 2.45) is 13.0 Å². The van der Waals surface area contributed by atoms with Crippen LogP contribution in [-0.2, 0) is 19.9 Å². The summed E-state index contributed by atoms with van der Waals surface area (Å²) >= 11 is 0. The molecule has 4 aromatic rings. The third-order valence-corrected chi connectivity index (χ3v) is 6.38. The second kappa shape index (κ2) is 10.1. The largest absolute Gasteiger partial charge is 0.338 e. The van der Waals surface area contributed by atoms with Gasteiger partial charge in [0.25, 0.3) is 5.91 Å². The van der Waals surface area contributed by atoms with Gasteiger partial charge >= 0.3 is 0 Å². The zero-order valence-corrected chi connectivity index (χ0v) is 19.6. The van der Waals surface area contributed by atoms with E-state index in [0.29, 0.717) is 24.4 Å². The molecule has 0 saturated carbocycles. The summed E-state index contributed by atoms with van der Waals surface area (Å²) in [5.74, 6) is 0.827. The van der Waals surface area contributed by atoms with E-state index in [-0.39, 0.29) is 11.7 Å². The van der Waals surface area contributed by atoms with E-state index in [1.165, 1.54) is 12.1 Å². The van der Waals surface area contributed by atoms with Crippen LogP contribution in [0, 0.1) is 11.7 Å². The summed E-state index contributed by atoms with van der Waals surface area (Å²) in [5, 5.41) is 0. The monoisotopic (exact) mass is 470 g/mol. The molecule has 0 N–H and O–H groups in total. The van der Waals surface area contributed by atoms with Crippen molar-refractivity contribution in [2.75, 3.05) is 13.1 Å². The van der Waals surface area contributed by atoms with Crippen LogP contribution < -0.4 is 0 Å². The summed E-state index contributed by atoms with van der Waals surface area (Å²) in [6.07, 6.45) is 12.0. The van der Waals surface area contributed by atoms with Crippen LogP contribution in [0.25, 0.3) is 11.5 Å². The van der Waals surface area contributed by atoms with Gasteiger partial charge in [-0.2, -0.15) is 0 Å². The Morgan fingerprint density at radius 2 is 2.03 bits per heavy atom. The number of likely N-dealkylation sites (tertiary alicyclic amines) is 1. The summed E-state index contributed by atoms with van der Waals surface area (Å²) in [6.45, 7) is 1.41. The van der Waals surface area contributed by atoms with Crippen LogP contribution in [0.4, 0.5) is 4.39 Å². The fraction of sp³-hybridized carbons (Fsp3) is 0.296. The van der Waals surface area contributed by atoms with E-state index in [9.17, 15) is 9.18 Å². The van der Waals surface area contributed by atoms with Crippen LogP contribution in [-0.4, -0.2) is 48.4 Å². The van der Waals surface area contributed by atoms with Crippen LogP contribution >= 0.6 is 0 Å². The molecule has 1 aliphatic heterocycles. The minimum Gasteiger partial charge on any atom is -0.338 e. The predicted molar refractivity (Wildman–Crippen MR) is 130 cm³/mol. The molecule has 1 fully saturated rings. The Balaban J connectivity index is 1.26. The standard InChI is InChI=1S/C27H27FN6O/c1-33-11-9-31-26(33)25-17-29-16-24(32-25)14-20-5-3-10-34(18-20)27(35)21-7-8-30-23(15-21)13-19-4-2-6-22(28)12-19/h2,4,6-9,11-12,15-17,20H,3,5,10,13-14,18H2,1H3/t20-/m0/s1. The number of aryl methyl sites for hydroxylation is 1. The molecule has 7 nitrogen and oxygen atoms in total. The topological polar surface area (TPSA) is 76.8 Å². The number of carbonyl (C=O) groups is 1. The van der Waals surface area contributed by atoms with Crippen molar-refractivity contribution in [3.05, 3.63) is 95.7 Å². The number of hydrogen-bond donors (Lipinski definition) is 0. The van der Waals surface area contributed by atoms with E-state index >= 15 is 0 Å². The summed E-state index contributed by atoms with van der Waals surface area (Å²) in [4.78, 5) is 33.1. The maximum Gasteiger partial charge on any atom is 0.253 e. The fourth-order valence-corrected chi connectivity index (χ4v) is 4.68. The lowest BCUT2D eigenvalue weighted by Crippen LogP contribution is -2.40. The van der Waals surface area contributed by atoms with Crippen molar-refractivity contribution >= 4 is 5.91 Å². The molecule has 1 aliphatic rings. The lowest BCUT2D eigenvalue weighted by molar-refractivity contribution is 0.0672. The number of aromatic nitrogens is 5. The van der Waals surface area contributed by atoms with Gasteiger partial charge in [-0.05, 0) is 55.0 Å². The molecule has 1 atom stereocenters. The van der Waals surface area contributed by atoms with Crippen LogP contribution in [0.15, 0.2) is 67.4 Å². The number of benzene rings is 1. The van der Waals surface area contributed by atoms with Gasteiger partial charge in [0.15, 0.2) is 5.82 Å². The highest BCUT2D eigenvalue weighted by atomic mass is 19.1. The molecule has 0 bridgehead atoms. The SMILES string of the molecule is Cn1ccnc1-c1cncc(C[C@@H]2CCCN(C(=O)c3ccnc(Cc4cccc(F)c4)c3)C2)n1. The van der Waals surface area contributed by atoms with E-state index in [4.69, 9.17) is 4.98 Å². The zero-order chi connectivity index (χ0) is 24.2. The number of amides is 1. The van der Waals surface area contributed by atoms with Gasteiger partial charge in [0, 0.05) is 62.6 Å². The molecule has 5 rings (SSSR count). The van der Waals surface area contributed by atoms with E-state index < -0.39 is 0 Å². The van der Waals surface area contributed by atoms with Crippen molar-refractivity contribution in [1.82, 2.24) is 29.4 Å². The van der Waals surface area contributed by atoms with Crippen LogP contribution in [0.5, 0.6) is 0 Å². The van der Waals surface area contributed by atoms with E-state index in [0.717, 1.165) is 54.3 Å². The average Bonchev–Trinajstić information content (AvgIpc) is 3.30. The van der Waals surface area contributed by atoms with Crippen molar-refractivity contribution in [3.63, 3.8) is 0 Å². The molecule has 1 aromatic carbocycles. The third kappa shape index (κ3) is 5.42. The molecule has 178 valence electrons. The maximum atomic E-state index is 13.5. The first-order valence-electron chi connectivity index (χ1n) is 11.8. The quantitative estimate of drug-likeness (QED) is 0.424. The molecule has 0 spiro atoms. The molecule has 4 heterocycles. The summed E-state index contributed by atoms with van der Waals surface area (Å²) in [7, 11) is 1.93. The van der Waals surface area contributed by atoms with Gasteiger partial charge in [0.1, 0.15) is 11.5 Å². The number of piperidine rings is 1. The zero-order valence-electron chi connectivity index (χ0n) is 19.6. The number of carbonyl (C=O) groups excluding carboxylic acids is 1. The smallest absolute Gasteiger partial charge is 0.253 e. The molecular formula is C27H27FN6O. The van der Waals surface area contributed by atoms with Crippen molar-refractivity contribution in [3.8, 4) is 11.5 Å². The highest BCUT2D eigenvalue weighted by Crippen LogP contribution is 2.23. The number of pyridine rings is 1. The fourth-order valence-electron chi connectivity index (χ4n) is 4.68. The Bertz CT molecular complexity index is 1340. The van der Waals surface area contributed by atoms with Gasteiger partial charge in [-0.3, -0.25) is 14.8 Å². The van der Waals surface area contributed by atoms with Crippen LogP contribution in [0.3, 0.4) is 0 Å². The Hall–Kier alpha value is -3.94. The maximum absolute atomic E-state index is 13.5. The number of hydrogen-bond acceptors (Lipinski definition) is 5. The Kier molecular flexibility index (Phi) is 6.61. The number of halogens is 1. The molecule has 1 amide bonds. The minimum atomic E-state index is -0.274. The minimum absolute atomic E-state index is 0.00503. The van der Waals surface area contributed by atoms with Gasteiger partial charge < -0.3 is 9.47 Å². The van der Waals surface area contributed by atoms with E-state index in [2.05, 4.69) is 15.0 Å².